The Morgan fingerprint density at radius 2 is 1.52 bits per heavy atom. The number of sulfonamides is 1. The van der Waals surface area contributed by atoms with Gasteiger partial charge in [0.2, 0.25) is 11.8 Å². The van der Waals surface area contributed by atoms with Gasteiger partial charge >= 0.3 is 0 Å². The summed E-state index contributed by atoms with van der Waals surface area (Å²) in [7, 11) is -1.33. The van der Waals surface area contributed by atoms with E-state index in [2.05, 4.69) is 5.32 Å². The topological polar surface area (TPSA) is 105 Å². The first-order chi connectivity index (χ1) is 20.2. The predicted octanol–water partition coefficient (Wildman–Crippen LogP) is 4.42. The molecule has 1 atom stereocenters. The van der Waals surface area contributed by atoms with Crippen LogP contribution >= 0.6 is 0 Å². The lowest BCUT2D eigenvalue weighted by Gasteiger charge is -2.32. The molecule has 224 valence electrons. The fourth-order valence-corrected chi connectivity index (χ4v) is 6.62. The van der Waals surface area contributed by atoms with E-state index in [0.717, 1.165) is 35.6 Å². The highest BCUT2D eigenvalue weighted by Gasteiger charge is 2.33. The largest absolute Gasteiger partial charge is 0.493 e. The number of ether oxygens (including phenoxy) is 2. The van der Waals surface area contributed by atoms with Crippen LogP contribution in [0.4, 0.5) is 5.69 Å². The lowest BCUT2D eigenvalue weighted by molar-refractivity contribution is -0.139. The number of amides is 2. The maximum atomic E-state index is 14.1. The van der Waals surface area contributed by atoms with Gasteiger partial charge in [0.05, 0.1) is 24.8 Å². The number of methoxy groups -OCH3 is 2. The van der Waals surface area contributed by atoms with E-state index >= 15 is 0 Å². The Hall–Kier alpha value is -4.05. The second-order valence-corrected chi connectivity index (χ2v) is 12.2. The summed E-state index contributed by atoms with van der Waals surface area (Å²) in [5, 5.41) is 3.09. The first kappa shape index (κ1) is 30.9. The summed E-state index contributed by atoms with van der Waals surface area (Å²) in [6.07, 6.45) is 4.48. The van der Waals surface area contributed by atoms with Gasteiger partial charge in [0.25, 0.3) is 10.0 Å². The minimum absolute atomic E-state index is 0.0559. The van der Waals surface area contributed by atoms with Crippen LogP contribution in [0.2, 0.25) is 0 Å². The molecule has 1 aliphatic carbocycles. The van der Waals surface area contributed by atoms with Crippen molar-refractivity contribution in [2.24, 2.45) is 0 Å². The van der Waals surface area contributed by atoms with Crippen LogP contribution in [0, 0.1) is 0 Å². The second-order valence-electron chi connectivity index (χ2n) is 10.4. The lowest BCUT2D eigenvalue weighted by atomic mass is 10.1. The molecule has 0 bridgehead atoms. The van der Waals surface area contributed by atoms with Gasteiger partial charge in [0.15, 0.2) is 11.5 Å². The third kappa shape index (κ3) is 7.42. The molecular formula is C32H39N3O6S. The normalized spacial score (nSPS) is 14.2. The first-order valence-electron chi connectivity index (χ1n) is 14.2. The smallest absolute Gasteiger partial charge is 0.264 e. The van der Waals surface area contributed by atoms with E-state index in [1.165, 1.54) is 37.3 Å². The maximum absolute atomic E-state index is 14.1. The Kier molecular flexibility index (Phi) is 10.5. The van der Waals surface area contributed by atoms with Crippen molar-refractivity contribution in [1.29, 1.82) is 0 Å². The molecule has 1 fully saturated rings. The minimum Gasteiger partial charge on any atom is -0.493 e. The van der Waals surface area contributed by atoms with Crippen molar-refractivity contribution < 1.29 is 27.5 Å². The summed E-state index contributed by atoms with van der Waals surface area (Å²) in [4.78, 5) is 28.8. The molecule has 3 aromatic rings. The summed E-state index contributed by atoms with van der Waals surface area (Å²) < 4.78 is 39.8. The molecule has 4 rings (SSSR count). The number of anilines is 1. The zero-order valence-electron chi connectivity index (χ0n) is 24.4. The van der Waals surface area contributed by atoms with E-state index in [1.807, 2.05) is 30.3 Å². The van der Waals surface area contributed by atoms with Crippen molar-refractivity contribution in [3.63, 3.8) is 0 Å². The summed E-state index contributed by atoms with van der Waals surface area (Å²) in [5.41, 5.74) is 1.34. The fourth-order valence-electron chi connectivity index (χ4n) is 5.19. The van der Waals surface area contributed by atoms with E-state index in [1.54, 1.807) is 37.3 Å². The number of benzene rings is 3. The van der Waals surface area contributed by atoms with Crippen LogP contribution < -0.4 is 19.1 Å². The number of hydrogen-bond donors (Lipinski definition) is 1. The van der Waals surface area contributed by atoms with Gasteiger partial charge in [-0.2, -0.15) is 0 Å². The van der Waals surface area contributed by atoms with Crippen LogP contribution in [0.1, 0.15) is 38.2 Å². The van der Waals surface area contributed by atoms with Crippen molar-refractivity contribution in [1.82, 2.24) is 10.2 Å². The average molecular weight is 594 g/mol. The zero-order chi connectivity index (χ0) is 30.1. The van der Waals surface area contributed by atoms with Crippen LogP contribution in [-0.2, 0) is 26.0 Å². The predicted molar refractivity (Wildman–Crippen MR) is 162 cm³/mol. The molecular weight excluding hydrogens is 554 g/mol. The number of hydrogen-bond acceptors (Lipinski definition) is 6. The molecule has 0 spiro atoms. The van der Waals surface area contributed by atoms with Crippen molar-refractivity contribution in [3.8, 4) is 11.5 Å². The molecule has 10 heteroatoms. The Morgan fingerprint density at radius 1 is 0.905 bits per heavy atom. The molecule has 1 aliphatic rings. The van der Waals surface area contributed by atoms with Gasteiger partial charge in [-0.3, -0.25) is 13.9 Å². The molecule has 0 unspecified atom stereocenters. The van der Waals surface area contributed by atoms with Gasteiger partial charge in [0.1, 0.15) is 12.6 Å². The molecule has 9 nitrogen and oxygen atoms in total. The number of nitrogens with one attached hydrogen (secondary N) is 1. The van der Waals surface area contributed by atoms with Crippen LogP contribution in [-0.4, -0.2) is 64.5 Å². The molecule has 0 radical (unpaired) electrons. The second kappa shape index (κ2) is 14.2. The number of carbonyl (C=O) groups is 2. The van der Waals surface area contributed by atoms with E-state index in [4.69, 9.17) is 9.47 Å². The van der Waals surface area contributed by atoms with E-state index in [9.17, 15) is 18.0 Å². The zero-order valence-corrected chi connectivity index (χ0v) is 25.2. The molecule has 2 amide bonds. The van der Waals surface area contributed by atoms with Gasteiger partial charge in [0, 0.05) is 18.7 Å². The van der Waals surface area contributed by atoms with E-state index < -0.39 is 28.5 Å². The molecule has 3 aromatic carbocycles. The van der Waals surface area contributed by atoms with Gasteiger partial charge in [-0.05, 0) is 56.0 Å². The molecule has 0 aromatic heterocycles. The average Bonchev–Trinajstić information content (AvgIpc) is 3.53. The summed E-state index contributed by atoms with van der Waals surface area (Å²) in [6.45, 7) is 1.46. The van der Waals surface area contributed by atoms with Crippen molar-refractivity contribution in [2.45, 2.75) is 56.0 Å². The molecule has 0 heterocycles. The quantitative estimate of drug-likeness (QED) is 0.315. The van der Waals surface area contributed by atoms with Gasteiger partial charge in [-0.1, -0.05) is 61.4 Å². The van der Waals surface area contributed by atoms with Crippen LogP contribution in [0.5, 0.6) is 11.5 Å². The number of carbonyl (C=O) groups excluding carboxylic acids is 2. The van der Waals surface area contributed by atoms with Crippen molar-refractivity contribution in [2.75, 3.05) is 31.6 Å². The minimum atomic E-state index is -4.22. The van der Waals surface area contributed by atoms with Gasteiger partial charge < -0.3 is 19.7 Å². The Labute approximate surface area is 248 Å². The summed E-state index contributed by atoms with van der Waals surface area (Å²) in [5.74, 6) is -0.0854. The molecule has 42 heavy (non-hydrogen) atoms. The Balaban J connectivity index is 1.65. The highest BCUT2D eigenvalue weighted by Crippen LogP contribution is 2.32. The third-order valence-corrected chi connectivity index (χ3v) is 9.39. The van der Waals surface area contributed by atoms with Gasteiger partial charge in [-0.15, -0.1) is 0 Å². The highest BCUT2D eigenvalue weighted by molar-refractivity contribution is 7.92. The molecule has 1 saturated carbocycles. The molecule has 1 N–H and O–H groups in total. The molecule has 0 saturated heterocycles. The monoisotopic (exact) mass is 593 g/mol. The van der Waals surface area contributed by atoms with Crippen LogP contribution in [0.15, 0.2) is 83.8 Å². The number of nitrogens with zero attached hydrogens (tertiary/aromatic N) is 2. The highest BCUT2D eigenvalue weighted by atomic mass is 32.2. The summed E-state index contributed by atoms with van der Waals surface area (Å²) in [6, 6.07) is 21.8. The molecule has 0 aliphatic heterocycles. The Bertz CT molecular complexity index is 1440. The lowest BCUT2D eigenvalue weighted by Crippen LogP contribution is -2.53. The standard InChI is InChI=1S/C32H39N3O6S/c1-24(32(37)33-26-14-10-11-15-26)34(21-20-25-12-6-4-7-13-25)31(36)23-35(27-16-8-5-9-17-27)42(38,39)28-18-19-29(40-2)30(22-28)41-3/h4-9,12-13,16-19,22,24,26H,10-11,14-15,20-21,23H2,1-3H3,(H,33,37)/t24-/m0/s1. The van der Waals surface area contributed by atoms with Gasteiger partial charge in [-0.25, -0.2) is 8.42 Å². The van der Waals surface area contributed by atoms with Crippen LogP contribution in [0.25, 0.3) is 0 Å². The first-order valence-corrected chi connectivity index (χ1v) is 15.6. The van der Waals surface area contributed by atoms with E-state index in [-0.39, 0.29) is 29.1 Å². The van der Waals surface area contributed by atoms with Crippen molar-refractivity contribution >= 4 is 27.5 Å². The Morgan fingerprint density at radius 3 is 2.14 bits per heavy atom. The third-order valence-electron chi connectivity index (χ3n) is 7.62. The number of rotatable bonds is 13. The fraction of sp³-hybridized carbons (Fsp3) is 0.375. The number of para-hydroxylation sites is 1. The van der Waals surface area contributed by atoms with Crippen molar-refractivity contribution in [3.05, 3.63) is 84.4 Å². The van der Waals surface area contributed by atoms with Crippen LogP contribution in [0.3, 0.4) is 0 Å². The SMILES string of the molecule is COc1ccc(S(=O)(=O)N(CC(=O)N(CCc2ccccc2)[C@@H](C)C(=O)NC2CCCC2)c2ccccc2)cc1OC. The summed E-state index contributed by atoms with van der Waals surface area (Å²) >= 11 is 0. The maximum Gasteiger partial charge on any atom is 0.264 e. The van der Waals surface area contributed by atoms with E-state index in [0.29, 0.717) is 17.9 Å².